The Morgan fingerprint density at radius 1 is 0.556 bits per heavy atom. The van der Waals surface area contributed by atoms with Crippen molar-refractivity contribution in [2.75, 3.05) is 23.8 Å². The van der Waals surface area contributed by atoms with E-state index in [1.165, 1.54) is 0 Å². The van der Waals surface area contributed by atoms with Gasteiger partial charge in [-0.3, -0.25) is 0 Å². The number of benzene rings is 1. The Balaban J connectivity index is 3.11. The fraction of sp³-hybridized carbons (Fsp3) is 0.400. The van der Waals surface area contributed by atoms with Gasteiger partial charge in [0.25, 0.3) is 0 Å². The monoisotopic (exact) mass is 326 g/mol. The largest absolute Gasteiger partial charge is 0.479 e. The van der Waals surface area contributed by atoms with Crippen molar-refractivity contribution in [2.45, 2.75) is 0 Å². The van der Waals surface area contributed by atoms with Crippen LogP contribution in [0.25, 0.3) is 0 Å². The van der Waals surface area contributed by atoms with Crippen LogP contribution >= 0.6 is 50.5 Å². The van der Waals surface area contributed by atoms with Gasteiger partial charge in [0.2, 0.25) is 0 Å². The van der Waals surface area contributed by atoms with Crippen molar-refractivity contribution < 1.29 is 18.9 Å². The average molecular weight is 326 g/mol. The molecule has 0 aliphatic heterocycles. The lowest BCUT2D eigenvalue weighted by Crippen LogP contribution is -2.01. The van der Waals surface area contributed by atoms with Gasteiger partial charge in [-0.2, -0.15) is 0 Å². The molecule has 0 aliphatic carbocycles. The van der Waals surface area contributed by atoms with Crippen LogP contribution in [0.3, 0.4) is 0 Å². The molecule has 1 aromatic carbocycles. The first-order chi connectivity index (χ1) is 8.76. The van der Waals surface area contributed by atoms with Gasteiger partial charge in [0, 0.05) is 12.1 Å². The normalized spacial score (nSPS) is 10.0. The highest BCUT2D eigenvalue weighted by Crippen LogP contribution is 2.40. The van der Waals surface area contributed by atoms with E-state index < -0.39 is 0 Å². The van der Waals surface area contributed by atoms with Crippen molar-refractivity contribution in [1.82, 2.24) is 0 Å². The summed E-state index contributed by atoms with van der Waals surface area (Å²) in [6.45, 7) is 0. The third-order valence-corrected chi connectivity index (χ3v) is 2.41. The molecule has 0 fully saturated rings. The molecule has 0 atom stereocenters. The van der Waals surface area contributed by atoms with E-state index in [1.807, 2.05) is 0 Å². The van der Waals surface area contributed by atoms with E-state index in [1.54, 1.807) is 12.1 Å². The first-order valence-corrected chi connectivity index (χ1v) is 7.42. The molecule has 0 aliphatic rings. The van der Waals surface area contributed by atoms with Crippen molar-refractivity contribution in [3.8, 4) is 23.0 Å². The van der Waals surface area contributed by atoms with Crippen LogP contribution in [-0.2, 0) is 0 Å². The molecular formula is C10H14O4S4. The van der Waals surface area contributed by atoms with Gasteiger partial charge in [-0.05, 0) is 0 Å². The van der Waals surface area contributed by atoms with E-state index in [4.69, 9.17) is 18.9 Å². The molecule has 8 heteroatoms. The summed E-state index contributed by atoms with van der Waals surface area (Å²) in [6.07, 6.45) is 0. The first kappa shape index (κ1) is 15.9. The maximum atomic E-state index is 5.34. The predicted molar refractivity (Wildman–Crippen MR) is 84.4 cm³/mol. The zero-order chi connectivity index (χ0) is 13.4. The van der Waals surface area contributed by atoms with Crippen LogP contribution in [-0.4, -0.2) is 23.8 Å². The summed E-state index contributed by atoms with van der Waals surface area (Å²) in [5.74, 6) is 2.88. The summed E-state index contributed by atoms with van der Waals surface area (Å²) < 4.78 is 21.3. The Morgan fingerprint density at radius 2 is 0.778 bits per heavy atom. The third kappa shape index (κ3) is 4.49. The highest BCUT2D eigenvalue weighted by molar-refractivity contribution is 7.80. The number of ether oxygens (including phenoxy) is 4. The molecule has 0 bridgehead atoms. The Kier molecular flexibility index (Phi) is 7.80. The number of hydrogen-bond donors (Lipinski definition) is 4. The summed E-state index contributed by atoms with van der Waals surface area (Å²) in [4.78, 5) is 0. The van der Waals surface area contributed by atoms with Crippen LogP contribution in [0, 0.1) is 0 Å². The zero-order valence-corrected chi connectivity index (χ0v) is 13.0. The molecule has 1 rings (SSSR count). The molecule has 0 aromatic heterocycles. The first-order valence-electron chi connectivity index (χ1n) is 4.89. The van der Waals surface area contributed by atoms with E-state index in [-0.39, 0.29) is 23.8 Å². The van der Waals surface area contributed by atoms with Crippen molar-refractivity contribution in [3.63, 3.8) is 0 Å². The SMILES string of the molecule is SCOc1cc(OCS)c(OCS)cc1OCS. The molecule has 0 N–H and O–H groups in total. The molecular weight excluding hydrogens is 312 g/mol. The topological polar surface area (TPSA) is 36.9 Å². The fourth-order valence-electron chi connectivity index (χ4n) is 1.25. The summed E-state index contributed by atoms with van der Waals surface area (Å²) in [5.41, 5.74) is 0. The molecule has 102 valence electrons. The van der Waals surface area contributed by atoms with Crippen molar-refractivity contribution in [1.29, 1.82) is 0 Å². The summed E-state index contributed by atoms with van der Waals surface area (Å²) >= 11 is 16.0. The molecule has 4 nitrogen and oxygen atoms in total. The second kappa shape index (κ2) is 8.84. The minimum atomic E-state index is 0.218. The van der Waals surface area contributed by atoms with Gasteiger partial charge in [-0.15, -0.1) is 50.5 Å². The molecule has 1 aromatic rings. The Bertz CT molecular complexity index is 309. The lowest BCUT2D eigenvalue weighted by Gasteiger charge is -2.15. The molecule has 0 amide bonds. The molecule has 0 radical (unpaired) electrons. The quantitative estimate of drug-likeness (QED) is 0.438. The van der Waals surface area contributed by atoms with Crippen LogP contribution in [0.1, 0.15) is 0 Å². The minimum Gasteiger partial charge on any atom is -0.479 e. The van der Waals surface area contributed by atoms with Crippen LogP contribution < -0.4 is 18.9 Å². The smallest absolute Gasteiger partial charge is 0.166 e. The molecule has 18 heavy (non-hydrogen) atoms. The van der Waals surface area contributed by atoms with Crippen molar-refractivity contribution in [2.24, 2.45) is 0 Å². The lowest BCUT2D eigenvalue weighted by atomic mass is 10.2. The molecule has 0 heterocycles. The van der Waals surface area contributed by atoms with E-state index in [2.05, 4.69) is 50.5 Å². The Hall–Kier alpha value is -0.180. The molecule has 0 unspecified atom stereocenters. The Labute approximate surface area is 128 Å². The summed E-state index contributed by atoms with van der Waals surface area (Å²) in [6, 6.07) is 3.31. The second-order valence-corrected chi connectivity index (χ2v) is 3.87. The van der Waals surface area contributed by atoms with Crippen LogP contribution in [0.4, 0.5) is 0 Å². The fourth-order valence-corrected chi connectivity index (χ4v) is 1.81. The minimum absolute atomic E-state index is 0.218. The second-order valence-electron chi connectivity index (χ2n) is 2.84. The van der Waals surface area contributed by atoms with E-state index in [0.29, 0.717) is 23.0 Å². The number of thiol groups is 4. The van der Waals surface area contributed by atoms with Gasteiger partial charge in [0.15, 0.2) is 23.0 Å². The Morgan fingerprint density at radius 3 is 0.944 bits per heavy atom. The van der Waals surface area contributed by atoms with Crippen LogP contribution in [0.2, 0.25) is 0 Å². The standard InChI is InChI=1S/C10H14O4S4/c15-3-11-7-1-8(12-4-16)10(14-6-18)2-9(7)13-5-17/h1-2,15-18H,3-6H2. The highest BCUT2D eigenvalue weighted by Gasteiger charge is 2.14. The lowest BCUT2D eigenvalue weighted by molar-refractivity contribution is 0.311. The molecule has 0 saturated carbocycles. The summed E-state index contributed by atoms with van der Waals surface area (Å²) in [7, 11) is 0. The maximum absolute atomic E-state index is 5.34. The van der Waals surface area contributed by atoms with Gasteiger partial charge < -0.3 is 18.9 Å². The average Bonchev–Trinajstić information content (AvgIpc) is 2.35. The van der Waals surface area contributed by atoms with Gasteiger partial charge in [0.05, 0.1) is 0 Å². The number of hydrogen-bond acceptors (Lipinski definition) is 8. The van der Waals surface area contributed by atoms with E-state index >= 15 is 0 Å². The van der Waals surface area contributed by atoms with Gasteiger partial charge >= 0.3 is 0 Å². The van der Waals surface area contributed by atoms with Crippen LogP contribution in [0.5, 0.6) is 23.0 Å². The van der Waals surface area contributed by atoms with Crippen molar-refractivity contribution in [3.05, 3.63) is 12.1 Å². The van der Waals surface area contributed by atoms with Gasteiger partial charge in [-0.1, -0.05) is 0 Å². The number of rotatable bonds is 8. The molecule has 0 saturated heterocycles. The molecule has 0 spiro atoms. The maximum Gasteiger partial charge on any atom is 0.166 e. The van der Waals surface area contributed by atoms with Crippen molar-refractivity contribution >= 4 is 50.5 Å². The van der Waals surface area contributed by atoms with Gasteiger partial charge in [-0.25, -0.2) is 0 Å². The highest BCUT2D eigenvalue weighted by atomic mass is 32.1. The zero-order valence-electron chi connectivity index (χ0n) is 9.40. The predicted octanol–water partition coefficient (Wildman–Crippen LogP) is 2.75. The van der Waals surface area contributed by atoms with Crippen LogP contribution in [0.15, 0.2) is 12.1 Å². The van der Waals surface area contributed by atoms with Gasteiger partial charge in [0.1, 0.15) is 23.8 Å². The summed E-state index contributed by atoms with van der Waals surface area (Å²) in [5, 5.41) is 0. The third-order valence-electron chi connectivity index (χ3n) is 1.89. The van der Waals surface area contributed by atoms with E-state index in [9.17, 15) is 0 Å². The van der Waals surface area contributed by atoms with E-state index in [0.717, 1.165) is 0 Å².